The van der Waals surface area contributed by atoms with Crippen LogP contribution in [-0.2, 0) is 4.79 Å². The number of nitrogens with zero attached hydrogens (tertiary/aromatic N) is 1. The summed E-state index contributed by atoms with van der Waals surface area (Å²) in [7, 11) is 4.13. The van der Waals surface area contributed by atoms with Crippen molar-refractivity contribution in [3.63, 3.8) is 0 Å². The Balaban J connectivity index is 2.50. The van der Waals surface area contributed by atoms with Crippen LogP contribution >= 0.6 is 0 Å². The van der Waals surface area contributed by atoms with Gasteiger partial charge in [-0.25, -0.2) is 0 Å². The van der Waals surface area contributed by atoms with Crippen LogP contribution in [0.15, 0.2) is 0 Å². The van der Waals surface area contributed by atoms with Crippen molar-refractivity contribution < 1.29 is 4.79 Å². The lowest BCUT2D eigenvalue weighted by Crippen LogP contribution is -2.55. The Kier molecular flexibility index (Phi) is 5.17. The number of rotatable bonds is 6. The summed E-state index contributed by atoms with van der Waals surface area (Å²) in [6.07, 6.45) is 2.93. The van der Waals surface area contributed by atoms with Crippen molar-refractivity contribution >= 4 is 5.91 Å². The molecule has 0 bridgehead atoms. The molecule has 0 aromatic rings. The smallest absolute Gasteiger partial charge is 0.240 e. The topological polar surface area (TPSA) is 44.4 Å². The first-order valence-corrected chi connectivity index (χ1v) is 6.99. The fourth-order valence-corrected chi connectivity index (χ4v) is 2.86. The minimum atomic E-state index is -0.311. The molecule has 1 unspecified atom stereocenters. The molecule has 18 heavy (non-hydrogen) atoms. The van der Waals surface area contributed by atoms with Gasteiger partial charge in [-0.05, 0) is 45.3 Å². The molecule has 1 amide bonds. The van der Waals surface area contributed by atoms with Gasteiger partial charge in [0.2, 0.25) is 5.91 Å². The van der Waals surface area contributed by atoms with E-state index in [9.17, 15) is 4.79 Å². The maximum atomic E-state index is 12.3. The van der Waals surface area contributed by atoms with Crippen LogP contribution < -0.4 is 10.6 Å². The largest absolute Gasteiger partial charge is 0.354 e. The van der Waals surface area contributed by atoms with E-state index >= 15 is 0 Å². The molecule has 4 heteroatoms. The van der Waals surface area contributed by atoms with E-state index in [2.05, 4.69) is 50.4 Å². The zero-order valence-electron chi connectivity index (χ0n) is 12.6. The minimum Gasteiger partial charge on any atom is -0.354 e. The quantitative estimate of drug-likeness (QED) is 0.750. The minimum absolute atomic E-state index is 0.104. The Morgan fingerprint density at radius 2 is 2.11 bits per heavy atom. The maximum absolute atomic E-state index is 12.3. The van der Waals surface area contributed by atoms with Gasteiger partial charge >= 0.3 is 0 Å². The van der Waals surface area contributed by atoms with Crippen molar-refractivity contribution in [3.05, 3.63) is 0 Å². The molecule has 1 saturated heterocycles. The second-order valence-electron chi connectivity index (χ2n) is 6.55. The van der Waals surface area contributed by atoms with E-state index in [1.807, 2.05) is 0 Å². The van der Waals surface area contributed by atoms with E-state index in [-0.39, 0.29) is 16.9 Å². The average molecular weight is 255 g/mol. The van der Waals surface area contributed by atoms with E-state index in [1.54, 1.807) is 0 Å². The standard InChI is InChI=1S/C14H29N3O/c1-6-14(8-7-9-16-14)12(18)15-10-13(2,3)11-17(4)5/h16H,6-11H2,1-5H3,(H,15,18). The van der Waals surface area contributed by atoms with E-state index < -0.39 is 0 Å². The van der Waals surface area contributed by atoms with E-state index in [4.69, 9.17) is 0 Å². The second-order valence-corrected chi connectivity index (χ2v) is 6.55. The molecule has 2 N–H and O–H groups in total. The maximum Gasteiger partial charge on any atom is 0.240 e. The lowest BCUT2D eigenvalue weighted by atomic mass is 9.90. The highest BCUT2D eigenvalue weighted by atomic mass is 16.2. The van der Waals surface area contributed by atoms with Crippen molar-refractivity contribution in [2.45, 2.75) is 45.6 Å². The zero-order chi connectivity index (χ0) is 13.8. The summed E-state index contributed by atoms with van der Waals surface area (Å²) >= 11 is 0. The van der Waals surface area contributed by atoms with Gasteiger partial charge in [-0.15, -0.1) is 0 Å². The van der Waals surface area contributed by atoms with Crippen LogP contribution in [-0.4, -0.2) is 50.1 Å². The number of nitrogens with one attached hydrogen (secondary N) is 2. The Labute approximate surface area is 111 Å². The zero-order valence-corrected chi connectivity index (χ0v) is 12.6. The third-order valence-corrected chi connectivity index (χ3v) is 3.75. The fourth-order valence-electron chi connectivity index (χ4n) is 2.86. The first kappa shape index (κ1) is 15.4. The molecule has 1 aliphatic heterocycles. The van der Waals surface area contributed by atoms with Gasteiger partial charge in [-0.3, -0.25) is 4.79 Å². The first-order chi connectivity index (χ1) is 8.31. The molecule has 4 nitrogen and oxygen atoms in total. The lowest BCUT2D eigenvalue weighted by molar-refractivity contribution is -0.127. The van der Waals surface area contributed by atoms with Gasteiger partial charge < -0.3 is 15.5 Å². The summed E-state index contributed by atoms with van der Waals surface area (Å²) in [5.41, 5.74) is -0.207. The van der Waals surface area contributed by atoms with Gasteiger partial charge in [0.25, 0.3) is 0 Å². The summed E-state index contributed by atoms with van der Waals surface area (Å²) in [4.78, 5) is 14.5. The predicted octanol–water partition coefficient (Wildman–Crippen LogP) is 1.22. The molecule has 0 aliphatic carbocycles. The molecule has 106 valence electrons. The Bertz CT molecular complexity index is 281. The highest BCUT2D eigenvalue weighted by Crippen LogP contribution is 2.23. The number of carbonyl (C=O) groups excluding carboxylic acids is 1. The summed E-state index contributed by atoms with van der Waals surface area (Å²) < 4.78 is 0. The SMILES string of the molecule is CCC1(C(=O)NCC(C)(C)CN(C)C)CCCN1. The van der Waals surface area contributed by atoms with Crippen LogP contribution in [0.2, 0.25) is 0 Å². The van der Waals surface area contributed by atoms with Crippen molar-refractivity contribution in [1.29, 1.82) is 0 Å². The van der Waals surface area contributed by atoms with E-state index in [0.29, 0.717) is 0 Å². The van der Waals surface area contributed by atoms with Crippen LogP contribution in [0.5, 0.6) is 0 Å². The summed E-state index contributed by atoms with van der Waals surface area (Å²) in [5.74, 6) is 0.175. The summed E-state index contributed by atoms with van der Waals surface area (Å²) in [6.45, 7) is 9.13. The molecule has 1 heterocycles. The first-order valence-electron chi connectivity index (χ1n) is 6.99. The van der Waals surface area contributed by atoms with Gasteiger partial charge in [0.05, 0.1) is 5.54 Å². The average Bonchev–Trinajstić information content (AvgIpc) is 2.74. The third-order valence-electron chi connectivity index (χ3n) is 3.75. The van der Waals surface area contributed by atoms with Gasteiger partial charge in [-0.2, -0.15) is 0 Å². The molecule has 1 atom stereocenters. The second kappa shape index (κ2) is 6.02. The number of hydrogen-bond donors (Lipinski definition) is 2. The monoisotopic (exact) mass is 255 g/mol. The molecular formula is C14H29N3O. The summed E-state index contributed by atoms with van der Waals surface area (Å²) in [5, 5.41) is 6.51. The Morgan fingerprint density at radius 1 is 1.44 bits per heavy atom. The third kappa shape index (κ3) is 3.95. The normalized spacial score (nSPS) is 24.6. The predicted molar refractivity (Wildman–Crippen MR) is 75.6 cm³/mol. The fraction of sp³-hybridized carbons (Fsp3) is 0.929. The van der Waals surface area contributed by atoms with Gasteiger partial charge in [-0.1, -0.05) is 20.8 Å². The Hall–Kier alpha value is -0.610. The van der Waals surface area contributed by atoms with Crippen LogP contribution in [0, 0.1) is 5.41 Å². The van der Waals surface area contributed by atoms with Gasteiger partial charge in [0, 0.05) is 13.1 Å². The number of carbonyl (C=O) groups is 1. The summed E-state index contributed by atoms with van der Waals surface area (Å²) in [6, 6.07) is 0. The Morgan fingerprint density at radius 3 is 2.56 bits per heavy atom. The molecule has 0 spiro atoms. The van der Waals surface area contributed by atoms with Crippen molar-refractivity contribution in [1.82, 2.24) is 15.5 Å². The lowest BCUT2D eigenvalue weighted by Gasteiger charge is -2.32. The van der Waals surface area contributed by atoms with Crippen molar-refractivity contribution in [3.8, 4) is 0 Å². The van der Waals surface area contributed by atoms with Crippen LogP contribution in [0.3, 0.4) is 0 Å². The number of hydrogen-bond acceptors (Lipinski definition) is 3. The highest BCUT2D eigenvalue weighted by molar-refractivity contribution is 5.86. The molecule has 0 aromatic carbocycles. The molecule has 1 rings (SSSR count). The van der Waals surface area contributed by atoms with E-state index in [0.717, 1.165) is 38.9 Å². The van der Waals surface area contributed by atoms with Gasteiger partial charge in [0.15, 0.2) is 0 Å². The molecule has 0 saturated carbocycles. The molecule has 0 radical (unpaired) electrons. The molecule has 1 fully saturated rings. The van der Waals surface area contributed by atoms with Crippen LogP contribution in [0.25, 0.3) is 0 Å². The van der Waals surface area contributed by atoms with Crippen molar-refractivity contribution in [2.75, 3.05) is 33.7 Å². The molecule has 1 aliphatic rings. The molecule has 0 aromatic heterocycles. The van der Waals surface area contributed by atoms with Crippen LogP contribution in [0.1, 0.15) is 40.0 Å². The van der Waals surface area contributed by atoms with E-state index in [1.165, 1.54) is 0 Å². The van der Waals surface area contributed by atoms with Crippen LogP contribution in [0.4, 0.5) is 0 Å². The van der Waals surface area contributed by atoms with Gasteiger partial charge in [0.1, 0.15) is 0 Å². The molecular weight excluding hydrogens is 226 g/mol. The number of amides is 1. The highest BCUT2D eigenvalue weighted by Gasteiger charge is 2.39. The van der Waals surface area contributed by atoms with Crippen molar-refractivity contribution in [2.24, 2.45) is 5.41 Å².